The summed E-state index contributed by atoms with van der Waals surface area (Å²) in [7, 11) is 1.55. The SMILES string of the molecule is C=C(COc1ccccc1)C1=CCOC1CC/C(=C/c1cc(I)c(O)c(OC)c1)c1ccccn1. The van der Waals surface area contributed by atoms with Gasteiger partial charge in [-0.1, -0.05) is 36.9 Å². The molecular weight excluding hydrogens is 553 g/mol. The lowest BCUT2D eigenvalue weighted by atomic mass is 9.95. The third kappa shape index (κ3) is 6.52. The van der Waals surface area contributed by atoms with Crippen molar-refractivity contribution < 1.29 is 19.3 Å². The molecule has 35 heavy (non-hydrogen) atoms. The van der Waals surface area contributed by atoms with Crippen LogP contribution in [0.1, 0.15) is 24.1 Å². The molecule has 0 radical (unpaired) electrons. The van der Waals surface area contributed by atoms with Gasteiger partial charge in [0.05, 0.1) is 29.1 Å². The summed E-state index contributed by atoms with van der Waals surface area (Å²) in [6.07, 6.45) is 7.47. The Kier molecular flexibility index (Phi) is 8.60. The molecule has 1 aliphatic rings. The van der Waals surface area contributed by atoms with E-state index in [0.29, 0.717) is 19.0 Å². The standard InChI is InChI=1S/C29H28INO4/c1-20(19-35-23-8-4-3-5-9-23)24-13-15-34-27(24)12-11-22(26-10-6-7-14-31-26)16-21-17-25(30)29(32)28(18-21)33-2/h3-10,13-14,16-18,27,32H,1,11-12,15,19H2,2H3/b22-16-. The van der Waals surface area contributed by atoms with E-state index in [1.165, 1.54) is 0 Å². The molecule has 4 rings (SSSR count). The Bertz CT molecular complexity index is 1220. The highest BCUT2D eigenvalue weighted by Crippen LogP contribution is 2.35. The molecule has 0 fully saturated rings. The molecule has 0 saturated carbocycles. The molecule has 1 atom stereocenters. The van der Waals surface area contributed by atoms with Crippen LogP contribution >= 0.6 is 22.6 Å². The van der Waals surface area contributed by atoms with Gasteiger partial charge in [-0.3, -0.25) is 4.98 Å². The van der Waals surface area contributed by atoms with Crippen LogP contribution in [0.3, 0.4) is 0 Å². The Morgan fingerprint density at radius 2 is 2.00 bits per heavy atom. The number of ether oxygens (including phenoxy) is 3. The van der Waals surface area contributed by atoms with Crippen LogP contribution in [-0.2, 0) is 4.74 Å². The molecule has 0 amide bonds. The molecule has 1 aromatic heterocycles. The predicted octanol–water partition coefficient (Wildman–Crippen LogP) is 6.68. The normalized spacial score (nSPS) is 15.5. The molecule has 5 nitrogen and oxygen atoms in total. The molecule has 6 heteroatoms. The number of benzene rings is 2. The minimum Gasteiger partial charge on any atom is -0.504 e. The zero-order valence-electron chi connectivity index (χ0n) is 19.6. The molecule has 180 valence electrons. The zero-order valence-corrected chi connectivity index (χ0v) is 21.8. The van der Waals surface area contributed by atoms with E-state index in [-0.39, 0.29) is 11.9 Å². The predicted molar refractivity (Wildman–Crippen MR) is 148 cm³/mol. The average Bonchev–Trinajstić information content (AvgIpc) is 3.37. The number of aromatic nitrogens is 1. The van der Waals surface area contributed by atoms with Crippen molar-refractivity contribution in [1.29, 1.82) is 0 Å². The van der Waals surface area contributed by atoms with Crippen LogP contribution < -0.4 is 9.47 Å². The van der Waals surface area contributed by atoms with Crippen LogP contribution in [-0.4, -0.2) is 36.5 Å². The van der Waals surface area contributed by atoms with Gasteiger partial charge in [0.25, 0.3) is 0 Å². The highest BCUT2D eigenvalue weighted by molar-refractivity contribution is 14.1. The van der Waals surface area contributed by atoms with Crippen molar-refractivity contribution in [3.8, 4) is 17.2 Å². The van der Waals surface area contributed by atoms with Gasteiger partial charge < -0.3 is 19.3 Å². The fraction of sp³-hybridized carbons (Fsp3) is 0.207. The van der Waals surface area contributed by atoms with Crippen LogP contribution in [0.4, 0.5) is 0 Å². The van der Waals surface area contributed by atoms with Gasteiger partial charge in [0.2, 0.25) is 0 Å². The van der Waals surface area contributed by atoms with E-state index in [1.54, 1.807) is 13.3 Å². The van der Waals surface area contributed by atoms with Crippen LogP contribution in [0.15, 0.2) is 90.7 Å². The summed E-state index contributed by atoms with van der Waals surface area (Å²) in [5.74, 6) is 1.42. The minimum absolute atomic E-state index is 0.0523. The molecule has 0 saturated heterocycles. The number of halogens is 1. The van der Waals surface area contributed by atoms with Crippen LogP contribution in [0, 0.1) is 3.57 Å². The van der Waals surface area contributed by atoms with Crippen molar-refractivity contribution in [3.05, 3.63) is 105 Å². The van der Waals surface area contributed by atoms with Gasteiger partial charge in [0, 0.05) is 6.20 Å². The monoisotopic (exact) mass is 581 g/mol. The van der Waals surface area contributed by atoms with Crippen LogP contribution in [0.2, 0.25) is 0 Å². The zero-order chi connectivity index (χ0) is 24.6. The second-order valence-corrected chi connectivity index (χ2v) is 9.33. The number of allylic oxidation sites excluding steroid dienone is 1. The lowest BCUT2D eigenvalue weighted by Crippen LogP contribution is -2.15. The van der Waals surface area contributed by atoms with Crippen molar-refractivity contribution >= 4 is 34.2 Å². The number of rotatable bonds is 10. The van der Waals surface area contributed by atoms with Gasteiger partial charge in [-0.05, 0) is 100 Å². The number of pyridine rings is 1. The van der Waals surface area contributed by atoms with E-state index in [2.05, 4.69) is 46.3 Å². The van der Waals surface area contributed by atoms with Crippen molar-refractivity contribution in [2.45, 2.75) is 18.9 Å². The number of nitrogens with zero attached hydrogens (tertiary/aromatic N) is 1. The van der Waals surface area contributed by atoms with Crippen molar-refractivity contribution in [1.82, 2.24) is 4.98 Å². The summed E-state index contributed by atoms with van der Waals surface area (Å²) in [6, 6.07) is 19.4. The van der Waals surface area contributed by atoms with Gasteiger partial charge in [-0.15, -0.1) is 0 Å². The highest BCUT2D eigenvalue weighted by atomic mass is 127. The maximum Gasteiger partial charge on any atom is 0.171 e. The molecule has 0 spiro atoms. The minimum atomic E-state index is -0.0523. The fourth-order valence-electron chi connectivity index (χ4n) is 4.00. The summed E-state index contributed by atoms with van der Waals surface area (Å²) in [5, 5.41) is 10.2. The van der Waals surface area contributed by atoms with Gasteiger partial charge in [-0.2, -0.15) is 0 Å². The molecule has 0 bridgehead atoms. The fourth-order valence-corrected chi connectivity index (χ4v) is 4.63. The van der Waals surface area contributed by atoms with Crippen LogP contribution in [0.5, 0.6) is 17.2 Å². The molecule has 0 aliphatic carbocycles. The van der Waals surface area contributed by atoms with Gasteiger partial charge in [0.15, 0.2) is 11.5 Å². The second-order valence-electron chi connectivity index (χ2n) is 8.16. The first-order valence-electron chi connectivity index (χ1n) is 11.4. The number of hydrogen-bond acceptors (Lipinski definition) is 5. The number of para-hydroxylation sites is 1. The quantitative estimate of drug-likeness (QED) is 0.271. The first kappa shape index (κ1) is 25.0. The number of phenolic OH excluding ortho intramolecular Hbond substituents is 1. The van der Waals surface area contributed by atoms with Crippen molar-refractivity contribution in [2.75, 3.05) is 20.3 Å². The molecule has 2 heterocycles. The third-order valence-electron chi connectivity index (χ3n) is 5.79. The number of aromatic hydroxyl groups is 1. The number of methoxy groups -OCH3 is 1. The molecule has 1 N–H and O–H groups in total. The van der Waals surface area contributed by atoms with E-state index in [1.807, 2.05) is 60.7 Å². The molecular formula is C29H28INO4. The Labute approximate surface area is 219 Å². The summed E-state index contributed by atoms with van der Waals surface area (Å²) in [5.41, 5.74) is 4.95. The maximum atomic E-state index is 10.2. The lowest BCUT2D eigenvalue weighted by Gasteiger charge is -2.18. The maximum absolute atomic E-state index is 10.2. The summed E-state index contributed by atoms with van der Waals surface area (Å²) in [4.78, 5) is 4.58. The molecule has 2 aromatic carbocycles. The van der Waals surface area contributed by atoms with Crippen molar-refractivity contribution in [2.24, 2.45) is 0 Å². The lowest BCUT2D eigenvalue weighted by molar-refractivity contribution is 0.117. The third-order valence-corrected chi connectivity index (χ3v) is 6.62. The molecule has 1 aliphatic heterocycles. The Morgan fingerprint density at radius 3 is 2.74 bits per heavy atom. The molecule has 3 aromatic rings. The van der Waals surface area contributed by atoms with Gasteiger partial charge in [0.1, 0.15) is 12.4 Å². The van der Waals surface area contributed by atoms with E-state index in [9.17, 15) is 5.11 Å². The first-order valence-corrected chi connectivity index (χ1v) is 12.5. The topological polar surface area (TPSA) is 60.8 Å². The Morgan fingerprint density at radius 1 is 1.20 bits per heavy atom. The Hall–Kier alpha value is -3.10. The van der Waals surface area contributed by atoms with E-state index in [4.69, 9.17) is 14.2 Å². The number of hydrogen-bond donors (Lipinski definition) is 1. The Balaban J connectivity index is 1.49. The smallest absolute Gasteiger partial charge is 0.171 e. The number of phenols is 1. The summed E-state index contributed by atoms with van der Waals surface area (Å²) >= 11 is 2.11. The van der Waals surface area contributed by atoms with Crippen LogP contribution in [0.25, 0.3) is 11.6 Å². The summed E-state index contributed by atoms with van der Waals surface area (Å²) < 4.78 is 18.0. The molecule has 1 unspecified atom stereocenters. The average molecular weight is 581 g/mol. The highest BCUT2D eigenvalue weighted by Gasteiger charge is 2.23. The largest absolute Gasteiger partial charge is 0.504 e. The van der Waals surface area contributed by atoms with Crippen molar-refractivity contribution in [3.63, 3.8) is 0 Å². The second kappa shape index (κ2) is 12.0. The summed E-state index contributed by atoms with van der Waals surface area (Å²) in [6.45, 7) is 5.24. The van der Waals surface area contributed by atoms with Gasteiger partial charge in [-0.25, -0.2) is 0 Å². The van der Waals surface area contributed by atoms with E-state index < -0.39 is 0 Å². The van der Waals surface area contributed by atoms with Gasteiger partial charge >= 0.3 is 0 Å². The first-order chi connectivity index (χ1) is 17.0. The van der Waals surface area contributed by atoms with E-state index in [0.717, 1.165) is 50.1 Å². The van der Waals surface area contributed by atoms with E-state index >= 15 is 0 Å².